The number of amides is 1. The highest BCUT2D eigenvalue weighted by Crippen LogP contribution is 2.38. The third-order valence-electron chi connectivity index (χ3n) is 2.90. The normalized spacial score (nSPS) is 11.9. The van der Waals surface area contributed by atoms with Gasteiger partial charge < -0.3 is 5.32 Å². The van der Waals surface area contributed by atoms with Crippen LogP contribution >= 0.6 is 15.9 Å². The van der Waals surface area contributed by atoms with Crippen LogP contribution in [0.1, 0.15) is 15.9 Å². The highest BCUT2D eigenvalue weighted by Gasteiger charge is 2.15. The molecule has 0 fully saturated rings. The fourth-order valence-electron chi connectivity index (χ4n) is 1.90. The molecule has 0 bridgehead atoms. The number of anilines is 1. The van der Waals surface area contributed by atoms with Gasteiger partial charge in [-0.15, -0.1) is 0 Å². The first kappa shape index (κ1) is 13.2. The van der Waals surface area contributed by atoms with E-state index in [2.05, 4.69) is 30.0 Å². The smallest absolute Gasteiger partial charge is 0.256 e. The van der Waals surface area contributed by atoms with Gasteiger partial charge in [0.25, 0.3) is 5.91 Å². The summed E-state index contributed by atoms with van der Waals surface area (Å²) in [7, 11) is 0. The number of hydrogen-bond acceptors (Lipinski definition) is 3. The van der Waals surface area contributed by atoms with E-state index in [1.54, 1.807) is 6.07 Å². The molecule has 1 amide bonds. The Morgan fingerprint density at radius 1 is 1.25 bits per heavy atom. The van der Waals surface area contributed by atoms with Gasteiger partial charge in [0.15, 0.2) is 0 Å². The molecule has 0 unspecified atom stereocenters. The fraction of sp³-hybridized carbons (Fsp3) is 0.0714. The van der Waals surface area contributed by atoms with E-state index in [4.69, 9.17) is 0 Å². The second-order valence-electron chi connectivity index (χ2n) is 4.37. The average Bonchev–Trinajstić information content (AvgIpc) is 2.87. The number of carbonyl (C=O) groups excluding carboxylic acids is 1. The summed E-state index contributed by atoms with van der Waals surface area (Å²) in [5.41, 5.74) is 3.87. The maximum Gasteiger partial charge on any atom is 0.256 e. The van der Waals surface area contributed by atoms with E-state index < -0.39 is 0 Å². The van der Waals surface area contributed by atoms with Gasteiger partial charge in [-0.05, 0) is 52.7 Å². The first-order chi connectivity index (χ1) is 9.65. The van der Waals surface area contributed by atoms with Crippen molar-refractivity contribution in [3.63, 3.8) is 0 Å². The van der Waals surface area contributed by atoms with Crippen molar-refractivity contribution in [2.45, 2.75) is 6.92 Å². The number of aryl methyl sites for hydroxylation is 1. The van der Waals surface area contributed by atoms with Crippen LogP contribution in [0.2, 0.25) is 0 Å². The van der Waals surface area contributed by atoms with Gasteiger partial charge in [-0.2, -0.15) is 8.73 Å². The second kappa shape index (κ2) is 5.30. The number of halogens is 1. The molecule has 0 atom stereocenters. The van der Waals surface area contributed by atoms with Crippen LogP contribution in [0.3, 0.4) is 0 Å². The summed E-state index contributed by atoms with van der Waals surface area (Å²) in [5.74, 6) is -0.169. The van der Waals surface area contributed by atoms with Gasteiger partial charge >= 0.3 is 0 Å². The molecule has 2 aromatic rings. The van der Waals surface area contributed by atoms with Gasteiger partial charge in [0.2, 0.25) is 0 Å². The maximum absolute atomic E-state index is 12.3. The lowest BCUT2D eigenvalue weighted by Crippen LogP contribution is -2.12. The predicted octanol–water partition coefficient (Wildman–Crippen LogP) is 4.74. The third-order valence-corrected chi connectivity index (χ3v) is 4.10. The molecule has 1 heterocycles. The minimum absolute atomic E-state index is 0.169. The monoisotopic (exact) mass is 347 g/mol. The van der Waals surface area contributed by atoms with Crippen molar-refractivity contribution in [3.05, 3.63) is 52.0 Å². The van der Waals surface area contributed by atoms with E-state index >= 15 is 0 Å². The summed E-state index contributed by atoms with van der Waals surface area (Å²) in [6.45, 7) is 1.98. The summed E-state index contributed by atoms with van der Waals surface area (Å²) >= 11 is 4.55. The van der Waals surface area contributed by atoms with Crippen LogP contribution < -0.4 is 5.32 Å². The number of hydrogen-bond donors (Lipinski definition) is 1. The van der Waals surface area contributed by atoms with Crippen LogP contribution in [0.5, 0.6) is 0 Å². The van der Waals surface area contributed by atoms with Crippen molar-refractivity contribution in [2.24, 2.45) is 8.73 Å². The fourth-order valence-corrected chi connectivity index (χ4v) is 3.12. The lowest BCUT2D eigenvalue weighted by Gasteiger charge is -2.09. The van der Waals surface area contributed by atoms with E-state index in [0.717, 1.165) is 27.1 Å². The van der Waals surface area contributed by atoms with Gasteiger partial charge in [-0.3, -0.25) is 4.79 Å². The lowest BCUT2D eigenvalue weighted by molar-refractivity contribution is 0.102. The molecule has 4 nitrogen and oxygen atoms in total. The minimum atomic E-state index is -0.169. The largest absolute Gasteiger partial charge is 0.320 e. The minimum Gasteiger partial charge on any atom is -0.320 e. The number of nitrogens with zero attached hydrogens (tertiary/aromatic N) is 2. The molecule has 0 radical (unpaired) electrons. The van der Waals surface area contributed by atoms with Crippen molar-refractivity contribution in [1.29, 1.82) is 0 Å². The quantitative estimate of drug-likeness (QED) is 0.715. The number of nitrogens with one attached hydrogen (secondary N) is 1. The molecule has 6 heteroatoms. The summed E-state index contributed by atoms with van der Waals surface area (Å²) in [4.78, 5) is 12.3. The lowest BCUT2D eigenvalue weighted by atomic mass is 10.1. The van der Waals surface area contributed by atoms with Crippen LogP contribution in [-0.2, 0) is 11.4 Å². The molecule has 1 aliphatic heterocycles. The zero-order chi connectivity index (χ0) is 14.1. The Morgan fingerprint density at radius 3 is 2.90 bits per heavy atom. The average molecular weight is 348 g/mol. The molecule has 0 aliphatic carbocycles. The predicted molar refractivity (Wildman–Crippen MR) is 84.8 cm³/mol. The molecule has 0 spiro atoms. The second-order valence-corrected chi connectivity index (χ2v) is 5.76. The van der Waals surface area contributed by atoms with Crippen molar-refractivity contribution in [1.82, 2.24) is 0 Å². The van der Waals surface area contributed by atoms with Crippen molar-refractivity contribution in [2.75, 3.05) is 5.32 Å². The zero-order valence-corrected chi connectivity index (χ0v) is 13.0. The van der Waals surface area contributed by atoms with Gasteiger partial charge in [0.1, 0.15) is 11.4 Å². The standard InChI is InChI=1S/C14H10BrN3OS/c1-8-5-6-9(10(15)7-8)14(19)16-11-3-2-4-12-13(11)18-20-17-12/h2-7H,1H3,(H,16,19). The molecular formula is C14H10BrN3OS. The van der Waals surface area contributed by atoms with Crippen molar-refractivity contribution < 1.29 is 4.79 Å². The third kappa shape index (κ3) is 2.44. The summed E-state index contributed by atoms with van der Waals surface area (Å²) in [6.07, 6.45) is 0. The van der Waals surface area contributed by atoms with E-state index in [9.17, 15) is 4.79 Å². The Hall–Kier alpha value is -1.79. The van der Waals surface area contributed by atoms with E-state index in [-0.39, 0.29) is 5.91 Å². The zero-order valence-electron chi connectivity index (χ0n) is 10.6. The number of rotatable bonds is 2. The Kier molecular flexibility index (Phi) is 3.50. The molecule has 2 aromatic carbocycles. The van der Waals surface area contributed by atoms with Crippen molar-refractivity contribution >= 4 is 50.3 Å². The molecule has 20 heavy (non-hydrogen) atoms. The molecular weight excluding hydrogens is 338 g/mol. The molecule has 3 rings (SSSR count). The molecule has 0 saturated carbocycles. The molecule has 1 N–H and O–H groups in total. The Balaban J connectivity index is 1.91. The highest BCUT2D eigenvalue weighted by atomic mass is 79.9. The molecule has 0 aromatic heterocycles. The summed E-state index contributed by atoms with van der Waals surface area (Å²) in [6, 6.07) is 11.2. The van der Waals surface area contributed by atoms with Crippen molar-refractivity contribution in [3.8, 4) is 0 Å². The van der Waals surface area contributed by atoms with Crippen LogP contribution in [0, 0.1) is 6.92 Å². The Morgan fingerprint density at radius 2 is 2.10 bits per heavy atom. The van der Waals surface area contributed by atoms with Crippen LogP contribution in [0.15, 0.2) is 49.6 Å². The first-order valence-electron chi connectivity index (χ1n) is 5.94. The SMILES string of the molecule is Cc1ccc(C(=O)Nc2cccc3c2N=S=N3)c(Br)c1. The molecule has 0 saturated heterocycles. The van der Waals surface area contributed by atoms with E-state index in [1.165, 1.54) is 0 Å². The maximum atomic E-state index is 12.3. The van der Waals surface area contributed by atoms with Gasteiger partial charge in [-0.1, -0.05) is 12.1 Å². The van der Waals surface area contributed by atoms with Gasteiger partial charge in [-0.25, -0.2) is 0 Å². The number of benzene rings is 2. The van der Waals surface area contributed by atoms with Crippen LogP contribution in [0.25, 0.3) is 0 Å². The number of carbonyl (C=O) groups is 1. The first-order valence-corrected chi connectivity index (χ1v) is 7.46. The van der Waals surface area contributed by atoms with Crippen LogP contribution in [-0.4, -0.2) is 5.91 Å². The molecule has 100 valence electrons. The van der Waals surface area contributed by atoms with Gasteiger partial charge in [0.05, 0.1) is 22.6 Å². The van der Waals surface area contributed by atoms with Crippen LogP contribution in [0.4, 0.5) is 17.1 Å². The Bertz CT molecular complexity index is 782. The summed E-state index contributed by atoms with van der Waals surface area (Å²) in [5, 5.41) is 2.88. The summed E-state index contributed by atoms with van der Waals surface area (Å²) < 4.78 is 9.14. The van der Waals surface area contributed by atoms with E-state index in [0.29, 0.717) is 16.9 Å². The van der Waals surface area contributed by atoms with Gasteiger partial charge in [0, 0.05) is 4.47 Å². The highest BCUT2D eigenvalue weighted by molar-refractivity contribution is 9.10. The number of fused-ring (bicyclic) bond motifs is 1. The van der Waals surface area contributed by atoms with E-state index in [1.807, 2.05) is 37.3 Å². The Labute approximate surface area is 128 Å². The molecule has 1 aliphatic rings. The topological polar surface area (TPSA) is 53.8 Å².